The van der Waals surface area contributed by atoms with E-state index in [1.165, 1.54) is 12.8 Å². The van der Waals surface area contributed by atoms with Crippen molar-refractivity contribution in [3.05, 3.63) is 18.5 Å². The van der Waals surface area contributed by atoms with E-state index in [0.29, 0.717) is 43.7 Å². The number of hydrogen-bond donors (Lipinski definition) is 1. The van der Waals surface area contributed by atoms with Crippen molar-refractivity contribution in [1.29, 1.82) is 0 Å². The van der Waals surface area contributed by atoms with Crippen LogP contribution in [0.15, 0.2) is 18.5 Å². The number of anilines is 1. The fourth-order valence-corrected chi connectivity index (χ4v) is 4.54. The quantitative estimate of drug-likeness (QED) is 0.708. The molecule has 4 rings (SSSR count). The standard InChI is InChI=1S/C25H37N5O4/c1-17(19-8-6-7-9-26-19)33-22-15-20-18(14-21(22)32-5)23(28-16-27-20)29-10-12-30(13-11-29)24(31)34-25(2,3)4/h14-17,19,26H,6-13H2,1-5H3. The average Bonchev–Trinajstić information content (AvgIpc) is 2.82. The minimum Gasteiger partial charge on any atom is -0.493 e. The molecule has 2 atom stereocenters. The fraction of sp³-hybridized carbons (Fsp3) is 0.640. The van der Waals surface area contributed by atoms with Gasteiger partial charge >= 0.3 is 6.09 Å². The van der Waals surface area contributed by atoms with Crippen molar-refractivity contribution in [3.63, 3.8) is 0 Å². The van der Waals surface area contributed by atoms with Crippen LogP contribution in [0.4, 0.5) is 10.6 Å². The normalized spacial score (nSPS) is 20.2. The minimum absolute atomic E-state index is 0.0221. The smallest absolute Gasteiger partial charge is 0.410 e. The number of aromatic nitrogens is 2. The van der Waals surface area contributed by atoms with E-state index < -0.39 is 5.60 Å². The number of hydrogen-bond acceptors (Lipinski definition) is 8. The van der Waals surface area contributed by atoms with E-state index in [1.54, 1.807) is 18.3 Å². The predicted octanol–water partition coefficient (Wildman–Crippen LogP) is 3.60. The number of benzene rings is 1. The van der Waals surface area contributed by atoms with Crippen molar-refractivity contribution < 1.29 is 19.0 Å². The van der Waals surface area contributed by atoms with Gasteiger partial charge in [-0.2, -0.15) is 0 Å². The topological polar surface area (TPSA) is 89.1 Å². The maximum Gasteiger partial charge on any atom is 0.410 e. The summed E-state index contributed by atoms with van der Waals surface area (Å²) >= 11 is 0. The van der Waals surface area contributed by atoms with Gasteiger partial charge in [0, 0.05) is 43.7 Å². The number of methoxy groups -OCH3 is 1. The zero-order valence-corrected chi connectivity index (χ0v) is 21.0. The number of carbonyl (C=O) groups excluding carboxylic acids is 1. The van der Waals surface area contributed by atoms with Gasteiger partial charge in [0.05, 0.1) is 12.6 Å². The first kappa shape index (κ1) is 24.3. The molecule has 3 heterocycles. The molecule has 2 unspecified atom stereocenters. The molecule has 1 N–H and O–H groups in total. The summed E-state index contributed by atoms with van der Waals surface area (Å²) in [5.74, 6) is 2.19. The van der Waals surface area contributed by atoms with Crippen LogP contribution in [0.2, 0.25) is 0 Å². The lowest BCUT2D eigenvalue weighted by molar-refractivity contribution is 0.0240. The number of piperazine rings is 1. The van der Waals surface area contributed by atoms with Gasteiger partial charge < -0.3 is 29.3 Å². The van der Waals surface area contributed by atoms with Gasteiger partial charge in [0.1, 0.15) is 23.9 Å². The highest BCUT2D eigenvalue weighted by atomic mass is 16.6. The van der Waals surface area contributed by atoms with E-state index >= 15 is 0 Å². The van der Waals surface area contributed by atoms with Crippen molar-refractivity contribution in [2.75, 3.05) is 44.7 Å². The first-order chi connectivity index (χ1) is 16.2. The highest BCUT2D eigenvalue weighted by Crippen LogP contribution is 2.36. The molecule has 2 fully saturated rings. The molecule has 2 aromatic rings. The van der Waals surface area contributed by atoms with Crippen LogP contribution in [0.3, 0.4) is 0 Å². The van der Waals surface area contributed by atoms with E-state index in [9.17, 15) is 4.79 Å². The average molecular weight is 472 g/mol. The van der Waals surface area contributed by atoms with Crippen molar-refractivity contribution in [2.24, 2.45) is 0 Å². The van der Waals surface area contributed by atoms with Crippen molar-refractivity contribution in [1.82, 2.24) is 20.2 Å². The summed E-state index contributed by atoms with van der Waals surface area (Å²) in [6.07, 6.45) is 4.88. The SMILES string of the molecule is COc1cc2c(N3CCN(C(=O)OC(C)(C)C)CC3)ncnc2cc1OC(C)C1CCCCN1. The molecule has 0 spiro atoms. The summed E-state index contributed by atoms with van der Waals surface area (Å²) in [5.41, 5.74) is 0.303. The molecule has 0 bridgehead atoms. The summed E-state index contributed by atoms with van der Waals surface area (Å²) in [5, 5.41) is 4.46. The molecule has 0 radical (unpaired) electrons. The van der Waals surface area contributed by atoms with Crippen LogP contribution in [0, 0.1) is 0 Å². The Morgan fingerprint density at radius 3 is 2.53 bits per heavy atom. The zero-order chi connectivity index (χ0) is 24.3. The van der Waals surface area contributed by atoms with Crippen LogP contribution in [-0.2, 0) is 4.74 Å². The minimum atomic E-state index is -0.502. The van der Waals surface area contributed by atoms with E-state index in [0.717, 1.165) is 29.7 Å². The predicted molar refractivity (Wildman–Crippen MR) is 132 cm³/mol. The lowest BCUT2D eigenvalue weighted by atomic mass is 10.0. The second-order valence-electron chi connectivity index (χ2n) is 10.1. The molecule has 9 heteroatoms. The third-order valence-corrected chi connectivity index (χ3v) is 6.36. The Bertz CT molecular complexity index is 995. The lowest BCUT2D eigenvalue weighted by Gasteiger charge is -2.36. The summed E-state index contributed by atoms with van der Waals surface area (Å²) in [6, 6.07) is 4.23. The summed E-state index contributed by atoms with van der Waals surface area (Å²) in [6.45, 7) is 11.2. The second-order valence-corrected chi connectivity index (χ2v) is 10.1. The summed E-state index contributed by atoms with van der Waals surface area (Å²) < 4.78 is 17.5. The number of carbonyl (C=O) groups is 1. The molecule has 34 heavy (non-hydrogen) atoms. The Morgan fingerprint density at radius 2 is 1.88 bits per heavy atom. The Morgan fingerprint density at radius 1 is 1.12 bits per heavy atom. The molecule has 2 saturated heterocycles. The monoisotopic (exact) mass is 471 g/mol. The number of rotatable bonds is 5. The van der Waals surface area contributed by atoms with Crippen LogP contribution in [-0.4, -0.2) is 78.5 Å². The number of ether oxygens (including phenoxy) is 3. The molecule has 1 aromatic heterocycles. The Kier molecular flexibility index (Phi) is 7.30. The highest BCUT2D eigenvalue weighted by Gasteiger charge is 2.28. The van der Waals surface area contributed by atoms with Crippen LogP contribution in [0.5, 0.6) is 11.5 Å². The van der Waals surface area contributed by atoms with E-state index in [4.69, 9.17) is 14.2 Å². The van der Waals surface area contributed by atoms with Gasteiger partial charge in [-0.25, -0.2) is 14.8 Å². The number of fused-ring (bicyclic) bond motifs is 1. The van der Waals surface area contributed by atoms with Crippen LogP contribution < -0.4 is 19.7 Å². The molecule has 0 saturated carbocycles. The van der Waals surface area contributed by atoms with E-state index in [2.05, 4.69) is 27.1 Å². The number of piperidine rings is 1. The first-order valence-electron chi connectivity index (χ1n) is 12.2. The largest absolute Gasteiger partial charge is 0.493 e. The van der Waals surface area contributed by atoms with Crippen molar-refractivity contribution in [3.8, 4) is 11.5 Å². The van der Waals surface area contributed by atoms with E-state index in [1.807, 2.05) is 32.9 Å². The number of nitrogens with one attached hydrogen (secondary N) is 1. The highest BCUT2D eigenvalue weighted by molar-refractivity contribution is 5.92. The molecule has 2 aliphatic rings. The summed E-state index contributed by atoms with van der Waals surface area (Å²) in [4.78, 5) is 25.4. The van der Waals surface area contributed by atoms with Gasteiger partial charge in [-0.05, 0) is 53.1 Å². The molecule has 1 amide bonds. The van der Waals surface area contributed by atoms with Gasteiger partial charge in [0.2, 0.25) is 0 Å². The summed E-state index contributed by atoms with van der Waals surface area (Å²) in [7, 11) is 1.65. The molecular formula is C25H37N5O4. The van der Waals surface area contributed by atoms with Gasteiger partial charge in [-0.3, -0.25) is 0 Å². The fourth-order valence-electron chi connectivity index (χ4n) is 4.54. The maximum absolute atomic E-state index is 12.4. The Balaban J connectivity index is 1.51. The Hall–Kier alpha value is -2.81. The molecule has 9 nitrogen and oxygen atoms in total. The van der Waals surface area contributed by atoms with Crippen molar-refractivity contribution in [2.45, 2.75) is 64.7 Å². The first-order valence-corrected chi connectivity index (χ1v) is 12.2. The zero-order valence-electron chi connectivity index (χ0n) is 21.0. The van der Waals surface area contributed by atoms with Crippen LogP contribution >= 0.6 is 0 Å². The van der Waals surface area contributed by atoms with Gasteiger partial charge in [0.15, 0.2) is 11.5 Å². The lowest BCUT2D eigenvalue weighted by Crippen LogP contribution is -2.50. The van der Waals surface area contributed by atoms with Crippen LogP contribution in [0.1, 0.15) is 47.0 Å². The van der Waals surface area contributed by atoms with Gasteiger partial charge in [-0.15, -0.1) is 0 Å². The molecular weight excluding hydrogens is 434 g/mol. The second kappa shape index (κ2) is 10.2. The Labute approximate surface area is 201 Å². The molecule has 186 valence electrons. The third kappa shape index (κ3) is 5.63. The molecule has 2 aliphatic heterocycles. The molecule has 0 aliphatic carbocycles. The third-order valence-electron chi connectivity index (χ3n) is 6.36. The van der Waals surface area contributed by atoms with Crippen LogP contribution in [0.25, 0.3) is 10.9 Å². The number of amides is 1. The number of nitrogens with zero attached hydrogens (tertiary/aromatic N) is 4. The van der Waals surface area contributed by atoms with Crippen molar-refractivity contribution >= 4 is 22.8 Å². The molecule has 1 aromatic carbocycles. The van der Waals surface area contributed by atoms with E-state index in [-0.39, 0.29) is 12.2 Å². The maximum atomic E-state index is 12.4. The van der Waals surface area contributed by atoms with Gasteiger partial charge in [0.25, 0.3) is 0 Å². The van der Waals surface area contributed by atoms with Gasteiger partial charge in [-0.1, -0.05) is 6.42 Å².